The Morgan fingerprint density at radius 1 is 0.812 bits per heavy atom. The summed E-state index contributed by atoms with van der Waals surface area (Å²) in [6, 6.07) is 22.0. The summed E-state index contributed by atoms with van der Waals surface area (Å²) in [5.41, 5.74) is 1.91. The molecule has 0 aliphatic rings. The lowest BCUT2D eigenvalue weighted by molar-refractivity contribution is -0.114. The molecule has 0 fully saturated rings. The largest absolute Gasteiger partial charge is 0.376 e. The second-order valence-corrected chi connectivity index (χ2v) is 9.23. The van der Waals surface area contributed by atoms with Crippen LogP contribution in [-0.2, 0) is 14.8 Å². The van der Waals surface area contributed by atoms with Crippen LogP contribution in [0, 0.1) is 0 Å². The Balaban J connectivity index is 1.65. The van der Waals surface area contributed by atoms with Gasteiger partial charge in [-0.3, -0.25) is 9.59 Å². The van der Waals surface area contributed by atoms with E-state index in [-0.39, 0.29) is 23.3 Å². The minimum absolute atomic E-state index is 0.0798. The highest BCUT2D eigenvalue weighted by atomic mass is 32.2. The number of amides is 2. The Morgan fingerprint density at radius 2 is 1.47 bits per heavy atom. The number of sulfonamides is 1. The van der Waals surface area contributed by atoms with Crippen LogP contribution in [0.2, 0.25) is 0 Å². The number of para-hydroxylation sites is 2. The first kappa shape index (κ1) is 23.0. The summed E-state index contributed by atoms with van der Waals surface area (Å²) >= 11 is 0. The van der Waals surface area contributed by atoms with Crippen LogP contribution in [0.1, 0.15) is 10.4 Å². The number of carbonyl (C=O) groups excluding carboxylic acids is 2. The van der Waals surface area contributed by atoms with Crippen LogP contribution in [0.25, 0.3) is 0 Å². The van der Waals surface area contributed by atoms with Gasteiger partial charge in [0.2, 0.25) is 15.9 Å². The Kier molecular flexibility index (Phi) is 7.24. The maximum Gasteiger partial charge on any atom is 0.257 e. The summed E-state index contributed by atoms with van der Waals surface area (Å²) in [7, 11) is -0.729. The van der Waals surface area contributed by atoms with Gasteiger partial charge in [0.05, 0.1) is 17.0 Å². The van der Waals surface area contributed by atoms with E-state index in [9.17, 15) is 18.0 Å². The van der Waals surface area contributed by atoms with Crippen molar-refractivity contribution in [3.8, 4) is 0 Å². The third-order valence-electron chi connectivity index (χ3n) is 4.54. The van der Waals surface area contributed by atoms with Gasteiger partial charge in [-0.1, -0.05) is 36.4 Å². The number of nitrogens with zero attached hydrogens (tertiary/aromatic N) is 1. The maximum absolute atomic E-state index is 12.6. The van der Waals surface area contributed by atoms with E-state index in [1.807, 2.05) is 18.2 Å². The molecule has 9 heteroatoms. The minimum Gasteiger partial charge on any atom is -0.376 e. The van der Waals surface area contributed by atoms with Crippen LogP contribution in [0.15, 0.2) is 83.8 Å². The summed E-state index contributed by atoms with van der Waals surface area (Å²) in [5, 5.41) is 8.45. The van der Waals surface area contributed by atoms with Crippen LogP contribution in [-0.4, -0.2) is 45.2 Å². The van der Waals surface area contributed by atoms with E-state index in [2.05, 4.69) is 16.0 Å². The molecule has 0 spiro atoms. The smallest absolute Gasteiger partial charge is 0.257 e. The molecule has 2 amide bonds. The highest BCUT2D eigenvalue weighted by molar-refractivity contribution is 7.89. The molecule has 3 rings (SSSR count). The SMILES string of the molecule is CN(C)S(=O)(=O)c1cccc(NC(=O)CNc2ccccc2C(=O)Nc2ccccc2)c1. The summed E-state index contributed by atoms with van der Waals surface area (Å²) < 4.78 is 25.7. The summed E-state index contributed by atoms with van der Waals surface area (Å²) in [5.74, 6) is -0.691. The van der Waals surface area contributed by atoms with Crippen LogP contribution in [0.3, 0.4) is 0 Å². The molecule has 0 aliphatic heterocycles. The van der Waals surface area contributed by atoms with Gasteiger partial charge >= 0.3 is 0 Å². The van der Waals surface area contributed by atoms with Gasteiger partial charge in [0.15, 0.2) is 0 Å². The van der Waals surface area contributed by atoms with Gasteiger partial charge in [-0.15, -0.1) is 0 Å². The first-order chi connectivity index (χ1) is 15.3. The van der Waals surface area contributed by atoms with Crippen molar-refractivity contribution < 1.29 is 18.0 Å². The van der Waals surface area contributed by atoms with Crippen LogP contribution in [0.5, 0.6) is 0 Å². The normalized spacial score (nSPS) is 11.1. The van der Waals surface area contributed by atoms with Crippen molar-refractivity contribution in [2.45, 2.75) is 4.90 Å². The zero-order valence-electron chi connectivity index (χ0n) is 17.7. The Morgan fingerprint density at radius 3 is 2.19 bits per heavy atom. The molecule has 0 saturated carbocycles. The predicted molar refractivity (Wildman–Crippen MR) is 125 cm³/mol. The van der Waals surface area contributed by atoms with Crippen LogP contribution < -0.4 is 16.0 Å². The van der Waals surface area contributed by atoms with Crippen molar-refractivity contribution in [3.05, 3.63) is 84.4 Å². The summed E-state index contributed by atoms with van der Waals surface area (Å²) in [4.78, 5) is 25.1. The molecule has 3 aromatic carbocycles. The minimum atomic E-state index is -3.61. The van der Waals surface area contributed by atoms with Crippen molar-refractivity contribution >= 4 is 38.9 Å². The van der Waals surface area contributed by atoms with E-state index < -0.39 is 10.0 Å². The van der Waals surface area contributed by atoms with Crippen molar-refractivity contribution in [2.24, 2.45) is 0 Å². The van der Waals surface area contributed by atoms with Crippen LogP contribution in [0.4, 0.5) is 17.1 Å². The van der Waals surface area contributed by atoms with E-state index in [1.165, 1.54) is 26.2 Å². The van der Waals surface area contributed by atoms with E-state index in [0.717, 1.165) is 4.31 Å². The molecular formula is C23H24N4O4S. The van der Waals surface area contributed by atoms with E-state index in [4.69, 9.17) is 0 Å². The molecule has 0 saturated heterocycles. The highest BCUT2D eigenvalue weighted by Crippen LogP contribution is 2.19. The van der Waals surface area contributed by atoms with E-state index in [1.54, 1.807) is 48.5 Å². The molecule has 0 unspecified atom stereocenters. The number of hydrogen-bond acceptors (Lipinski definition) is 5. The Labute approximate surface area is 187 Å². The maximum atomic E-state index is 12.6. The molecule has 32 heavy (non-hydrogen) atoms. The fraction of sp³-hybridized carbons (Fsp3) is 0.130. The zero-order chi connectivity index (χ0) is 23.1. The lowest BCUT2D eigenvalue weighted by Gasteiger charge is -2.14. The van der Waals surface area contributed by atoms with Crippen molar-refractivity contribution in [3.63, 3.8) is 0 Å². The second kappa shape index (κ2) is 10.1. The van der Waals surface area contributed by atoms with Gasteiger partial charge in [-0.05, 0) is 42.5 Å². The monoisotopic (exact) mass is 452 g/mol. The first-order valence-corrected chi connectivity index (χ1v) is 11.2. The van der Waals surface area contributed by atoms with Gasteiger partial charge in [-0.2, -0.15) is 0 Å². The van der Waals surface area contributed by atoms with Gasteiger partial charge in [-0.25, -0.2) is 12.7 Å². The predicted octanol–water partition coefficient (Wildman–Crippen LogP) is 3.24. The number of benzene rings is 3. The number of hydrogen-bond donors (Lipinski definition) is 3. The molecule has 0 bridgehead atoms. The molecule has 3 aromatic rings. The lowest BCUT2D eigenvalue weighted by atomic mass is 10.1. The number of nitrogens with one attached hydrogen (secondary N) is 3. The van der Waals surface area contributed by atoms with Gasteiger partial charge in [0.1, 0.15) is 0 Å². The van der Waals surface area contributed by atoms with Gasteiger partial charge in [0, 0.05) is 31.2 Å². The topological polar surface area (TPSA) is 108 Å². The third kappa shape index (κ3) is 5.71. The van der Waals surface area contributed by atoms with E-state index in [0.29, 0.717) is 22.6 Å². The van der Waals surface area contributed by atoms with Crippen molar-refractivity contribution in [1.82, 2.24) is 4.31 Å². The lowest BCUT2D eigenvalue weighted by Crippen LogP contribution is -2.24. The third-order valence-corrected chi connectivity index (χ3v) is 6.35. The average Bonchev–Trinajstić information content (AvgIpc) is 2.78. The Hall–Kier alpha value is -3.69. The second-order valence-electron chi connectivity index (χ2n) is 7.08. The van der Waals surface area contributed by atoms with Gasteiger partial charge in [0.25, 0.3) is 5.91 Å². The van der Waals surface area contributed by atoms with E-state index >= 15 is 0 Å². The fourth-order valence-electron chi connectivity index (χ4n) is 2.88. The Bertz CT molecular complexity index is 1210. The fourth-order valence-corrected chi connectivity index (χ4v) is 3.83. The average molecular weight is 453 g/mol. The quantitative estimate of drug-likeness (QED) is 0.486. The summed E-state index contributed by atoms with van der Waals surface area (Å²) in [6.45, 7) is -0.111. The highest BCUT2D eigenvalue weighted by Gasteiger charge is 2.18. The van der Waals surface area contributed by atoms with Gasteiger partial charge < -0.3 is 16.0 Å². The molecule has 8 nitrogen and oxygen atoms in total. The molecule has 0 radical (unpaired) electrons. The number of rotatable bonds is 8. The number of carbonyl (C=O) groups is 2. The van der Waals surface area contributed by atoms with Crippen molar-refractivity contribution in [2.75, 3.05) is 36.6 Å². The summed E-state index contributed by atoms with van der Waals surface area (Å²) in [6.07, 6.45) is 0. The molecule has 0 aliphatic carbocycles. The molecule has 0 atom stereocenters. The molecule has 0 aromatic heterocycles. The first-order valence-electron chi connectivity index (χ1n) is 9.79. The standard InChI is InChI=1S/C23H24N4O4S/c1-27(2)32(30,31)19-12-8-11-18(15-19)25-22(28)16-24-21-14-7-6-13-20(21)23(29)26-17-9-4-3-5-10-17/h3-15,24H,16H2,1-2H3,(H,25,28)(H,26,29). The number of anilines is 3. The molecule has 166 valence electrons. The van der Waals surface area contributed by atoms with Crippen LogP contribution >= 0.6 is 0 Å². The van der Waals surface area contributed by atoms with Crippen molar-refractivity contribution in [1.29, 1.82) is 0 Å². The molecule has 0 heterocycles. The zero-order valence-corrected chi connectivity index (χ0v) is 18.5. The molecule has 3 N–H and O–H groups in total. The molecular weight excluding hydrogens is 428 g/mol.